The number of carbonyl (C=O) groups is 4. The Hall–Kier alpha value is -3.27. The van der Waals surface area contributed by atoms with Crippen molar-refractivity contribution in [3.63, 3.8) is 0 Å². The van der Waals surface area contributed by atoms with Crippen LogP contribution in [0.15, 0.2) is 30.6 Å². The van der Waals surface area contributed by atoms with Crippen LogP contribution in [-0.2, 0) is 14.4 Å². The van der Waals surface area contributed by atoms with E-state index in [1.165, 1.54) is 36.7 Å². The summed E-state index contributed by atoms with van der Waals surface area (Å²) in [7, 11) is 0. The van der Waals surface area contributed by atoms with Gasteiger partial charge in [-0.25, -0.2) is 0 Å². The fraction of sp³-hybridized carbons (Fsp3) is 0.350. The van der Waals surface area contributed by atoms with Gasteiger partial charge >= 0.3 is 11.8 Å². The molecule has 1 aliphatic heterocycles. The first-order valence-electron chi connectivity index (χ1n) is 9.48. The molecule has 1 fully saturated rings. The summed E-state index contributed by atoms with van der Waals surface area (Å²) >= 11 is 1.39. The number of rotatable bonds is 4. The van der Waals surface area contributed by atoms with Gasteiger partial charge in [0.15, 0.2) is 0 Å². The number of amides is 4. The zero-order chi connectivity index (χ0) is 21.8. The van der Waals surface area contributed by atoms with E-state index < -0.39 is 17.7 Å². The molecule has 158 valence electrons. The zero-order valence-electron chi connectivity index (χ0n) is 16.7. The van der Waals surface area contributed by atoms with E-state index >= 15 is 0 Å². The van der Waals surface area contributed by atoms with Gasteiger partial charge in [-0.3, -0.25) is 24.2 Å². The zero-order valence-corrected chi connectivity index (χ0v) is 17.5. The molecule has 30 heavy (non-hydrogen) atoms. The lowest BCUT2D eigenvalue weighted by atomic mass is 9.93. The van der Waals surface area contributed by atoms with E-state index in [4.69, 9.17) is 5.73 Å². The first-order valence-corrected chi connectivity index (χ1v) is 10.3. The Kier molecular flexibility index (Phi) is 6.46. The molecule has 2 aromatic heterocycles. The van der Waals surface area contributed by atoms with Crippen LogP contribution >= 0.6 is 11.3 Å². The third-order valence-electron chi connectivity index (χ3n) is 4.81. The van der Waals surface area contributed by atoms with Crippen LogP contribution in [0.5, 0.6) is 0 Å². The Morgan fingerprint density at radius 1 is 1.17 bits per heavy atom. The second-order valence-corrected chi connectivity index (χ2v) is 8.44. The number of aromatic nitrogens is 1. The van der Waals surface area contributed by atoms with Crippen molar-refractivity contribution in [3.05, 3.63) is 41.0 Å². The summed E-state index contributed by atoms with van der Waals surface area (Å²) in [5.74, 6) is -2.06. The van der Waals surface area contributed by atoms with Crippen molar-refractivity contribution < 1.29 is 19.2 Å². The minimum absolute atomic E-state index is 0.133. The highest BCUT2D eigenvalue weighted by molar-refractivity contribution is 7.16. The molecule has 4 N–H and O–H groups in total. The molecule has 2 atom stereocenters. The average Bonchev–Trinajstić information content (AvgIpc) is 3.14. The number of nitrogens with two attached hydrogens (primary N) is 1. The number of primary amides is 1. The van der Waals surface area contributed by atoms with Crippen molar-refractivity contribution in [1.82, 2.24) is 9.88 Å². The number of anilines is 2. The van der Waals surface area contributed by atoms with Crippen LogP contribution in [-0.4, -0.2) is 40.1 Å². The van der Waals surface area contributed by atoms with E-state index in [1.807, 2.05) is 13.0 Å². The van der Waals surface area contributed by atoms with Gasteiger partial charge in [-0.15, -0.1) is 11.3 Å². The summed E-state index contributed by atoms with van der Waals surface area (Å²) < 4.78 is 0. The third-order valence-corrected chi connectivity index (χ3v) is 5.91. The van der Waals surface area contributed by atoms with Gasteiger partial charge in [0.05, 0.1) is 28.5 Å². The maximum atomic E-state index is 13.0. The highest BCUT2D eigenvalue weighted by Gasteiger charge is 2.35. The highest BCUT2D eigenvalue weighted by Crippen LogP contribution is 2.38. The lowest BCUT2D eigenvalue weighted by Crippen LogP contribution is -2.46. The predicted molar refractivity (Wildman–Crippen MR) is 113 cm³/mol. The lowest BCUT2D eigenvalue weighted by molar-refractivity contribution is -0.146. The van der Waals surface area contributed by atoms with E-state index in [1.54, 1.807) is 11.0 Å². The number of pyridine rings is 1. The number of carbonyl (C=O) groups excluding carboxylic acids is 4. The maximum Gasteiger partial charge on any atom is 0.313 e. The first kappa shape index (κ1) is 21.4. The van der Waals surface area contributed by atoms with Crippen LogP contribution in [0.4, 0.5) is 10.7 Å². The molecule has 9 nitrogen and oxygen atoms in total. The smallest absolute Gasteiger partial charge is 0.313 e. The molecule has 10 heteroatoms. The summed E-state index contributed by atoms with van der Waals surface area (Å²) in [5, 5.41) is 5.93. The predicted octanol–water partition coefficient (Wildman–Crippen LogP) is 2.14. The molecular weight excluding hydrogens is 406 g/mol. The fourth-order valence-electron chi connectivity index (χ4n) is 3.40. The summed E-state index contributed by atoms with van der Waals surface area (Å²) in [6.07, 6.45) is 4.27. The molecule has 0 unspecified atom stereocenters. The second kappa shape index (κ2) is 9.04. The van der Waals surface area contributed by atoms with Gasteiger partial charge in [-0.05, 0) is 37.0 Å². The van der Waals surface area contributed by atoms with Gasteiger partial charge in [0, 0.05) is 24.5 Å². The Morgan fingerprint density at radius 3 is 2.63 bits per heavy atom. The third kappa shape index (κ3) is 5.01. The molecule has 2 aromatic rings. The number of hydrogen-bond acceptors (Lipinski definition) is 6. The molecule has 0 bridgehead atoms. The Bertz CT molecular complexity index is 989. The normalized spacial score (nSPS) is 18.5. The molecule has 1 saturated heterocycles. The standard InChI is InChI=1S/C20H23N5O4S/c1-11-3-4-15(16-5-6-17(30-16)23-12(2)26)25(10-11)20(29)19(28)24-14-7-13(18(21)27)8-22-9-14/h5-9,11,15H,3-4,10H2,1-2H3,(H2,21,27)(H,23,26)(H,24,28)/t11-,15+/m1/s1. The number of likely N-dealkylation sites (tertiary alicyclic amines) is 1. The number of thiophene rings is 1. The maximum absolute atomic E-state index is 13.0. The van der Waals surface area contributed by atoms with Crippen LogP contribution in [0.25, 0.3) is 0 Å². The van der Waals surface area contributed by atoms with Crippen molar-refractivity contribution >= 4 is 45.7 Å². The van der Waals surface area contributed by atoms with E-state index in [-0.39, 0.29) is 29.1 Å². The van der Waals surface area contributed by atoms with Crippen molar-refractivity contribution in [2.24, 2.45) is 11.7 Å². The van der Waals surface area contributed by atoms with Gasteiger partial charge in [-0.2, -0.15) is 0 Å². The lowest BCUT2D eigenvalue weighted by Gasteiger charge is -2.37. The summed E-state index contributed by atoms with van der Waals surface area (Å²) in [6.45, 7) is 3.92. The number of piperidine rings is 1. The minimum atomic E-state index is -0.809. The molecule has 0 saturated carbocycles. The van der Waals surface area contributed by atoms with Crippen LogP contribution in [0.2, 0.25) is 0 Å². The Labute approximate surface area is 177 Å². The molecule has 3 heterocycles. The highest BCUT2D eigenvalue weighted by atomic mass is 32.1. The van der Waals surface area contributed by atoms with Crippen molar-refractivity contribution in [2.75, 3.05) is 17.2 Å². The van der Waals surface area contributed by atoms with Crippen molar-refractivity contribution in [1.29, 1.82) is 0 Å². The quantitative estimate of drug-likeness (QED) is 0.640. The summed E-state index contributed by atoms with van der Waals surface area (Å²) in [6, 6.07) is 4.79. The number of hydrogen-bond donors (Lipinski definition) is 3. The van der Waals surface area contributed by atoms with Crippen LogP contribution in [0.3, 0.4) is 0 Å². The SMILES string of the molecule is CC(=O)Nc1ccc([C@@H]2CC[C@@H](C)CN2C(=O)C(=O)Nc2cncc(C(N)=O)c2)s1. The first-order chi connectivity index (χ1) is 14.2. The van der Waals surface area contributed by atoms with E-state index in [2.05, 4.69) is 15.6 Å². The number of nitrogens with one attached hydrogen (secondary N) is 2. The molecule has 3 rings (SSSR count). The average molecular weight is 430 g/mol. The summed E-state index contributed by atoms with van der Waals surface area (Å²) in [4.78, 5) is 54.5. The second-order valence-electron chi connectivity index (χ2n) is 7.32. The fourth-order valence-corrected chi connectivity index (χ4v) is 4.51. The minimum Gasteiger partial charge on any atom is -0.366 e. The molecule has 0 spiro atoms. The molecule has 4 amide bonds. The van der Waals surface area contributed by atoms with Crippen molar-refractivity contribution in [3.8, 4) is 0 Å². The van der Waals surface area contributed by atoms with Crippen LogP contribution < -0.4 is 16.4 Å². The van der Waals surface area contributed by atoms with Gasteiger partial charge in [0.25, 0.3) is 0 Å². The van der Waals surface area contributed by atoms with Gasteiger partial charge in [0.2, 0.25) is 11.8 Å². The van der Waals surface area contributed by atoms with Crippen LogP contribution in [0, 0.1) is 5.92 Å². The number of nitrogens with zero attached hydrogens (tertiary/aromatic N) is 2. The topological polar surface area (TPSA) is 134 Å². The van der Waals surface area contributed by atoms with Gasteiger partial charge in [0.1, 0.15) is 0 Å². The summed E-state index contributed by atoms with van der Waals surface area (Å²) in [5.41, 5.74) is 5.58. The van der Waals surface area contributed by atoms with E-state index in [0.717, 1.165) is 17.7 Å². The monoisotopic (exact) mass is 429 g/mol. The molecule has 0 aromatic carbocycles. The van der Waals surface area contributed by atoms with E-state index in [9.17, 15) is 19.2 Å². The van der Waals surface area contributed by atoms with Crippen molar-refractivity contribution in [2.45, 2.75) is 32.7 Å². The molecule has 1 aliphatic rings. The van der Waals surface area contributed by atoms with Crippen LogP contribution in [0.1, 0.15) is 48.0 Å². The molecular formula is C20H23N5O4S. The molecule has 0 radical (unpaired) electrons. The Morgan fingerprint density at radius 2 is 1.93 bits per heavy atom. The van der Waals surface area contributed by atoms with Gasteiger partial charge < -0.3 is 21.3 Å². The molecule has 0 aliphatic carbocycles. The van der Waals surface area contributed by atoms with Gasteiger partial charge in [-0.1, -0.05) is 6.92 Å². The Balaban J connectivity index is 1.77. The van der Waals surface area contributed by atoms with E-state index in [0.29, 0.717) is 11.5 Å². The largest absolute Gasteiger partial charge is 0.366 e.